The summed E-state index contributed by atoms with van der Waals surface area (Å²) >= 11 is 0. The summed E-state index contributed by atoms with van der Waals surface area (Å²) in [5.41, 5.74) is -0.451. The van der Waals surface area contributed by atoms with E-state index in [9.17, 15) is 4.79 Å². The van der Waals surface area contributed by atoms with E-state index < -0.39 is 5.60 Å². The molecule has 0 radical (unpaired) electrons. The largest absolute Gasteiger partial charge is 0.444 e. The van der Waals surface area contributed by atoms with Crippen molar-refractivity contribution in [3.8, 4) is 0 Å². The molecule has 0 spiro atoms. The van der Waals surface area contributed by atoms with Gasteiger partial charge in [0, 0.05) is 32.2 Å². The van der Waals surface area contributed by atoms with Gasteiger partial charge < -0.3 is 14.7 Å². The zero-order valence-corrected chi connectivity index (χ0v) is 12.0. The number of aliphatic hydroxyl groups is 1. The highest BCUT2D eigenvalue weighted by atomic mass is 16.6. The molecule has 0 bridgehead atoms. The van der Waals surface area contributed by atoms with Gasteiger partial charge in [0.25, 0.3) is 0 Å². The van der Waals surface area contributed by atoms with Gasteiger partial charge in [-0.15, -0.1) is 0 Å². The van der Waals surface area contributed by atoms with E-state index in [1.54, 1.807) is 4.90 Å². The third-order valence-electron chi connectivity index (χ3n) is 3.07. The summed E-state index contributed by atoms with van der Waals surface area (Å²) in [7, 11) is 0. The molecule has 1 fully saturated rings. The van der Waals surface area contributed by atoms with E-state index in [2.05, 4.69) is 4.90 Å². The van der Waals surface area contributed by atoms with Crippen molar-refractivity contribution in [1.29, 1.82) is 0 Å². The molecule has 1 rings (SSSR count). The number of carbonyl (C=O) groups excluding carboxylic acids is 1. The maximum absolute atomic E-state index is 12.1. The topological polar surface area (TPSA) is 53.0 Å². The number of hydrogen-bond acceptors (Lipinski definition) is 4. The van der Waals surface area contributed by atoms with E-state index in [4.69, 9.17) is 9.84 Å². The van der Waals surface area contributed by atoms with Crippen LogP contribution in [0.25, 0.3) is 0 Å². The van der Waals surface area contributed by atoms with Gasteiger partial charge in [0.05, 0.1) is 6.61 Å². The Hall–Kier alpha value is -0.810. The van der Waals surface area contributed by atoms with Crippen molar-refractivity contribution < 1.29 is 14.6 Å². The van der Waals surface area contributed by atoms with Gasteiger partial charge in [0.1, 0.15) is 5.60 Å². The maximum Gasteiger partial charge on any atom is 0.410 e. The summed E-state index contributed by atoms with van der Waals surface area (Å²) in [6.07, 6.45) is 0.716. The van der Waals surface area contributed by atoms with Crippen molar-refractivity contribution in [2.75, 3.05) is 32.8 Å². The first kappa shape index (κ1) is 15.2. The van der Waals surface area contributed by atoms with Gasteiger partial charge >= 0.3 is 6.09 Å². The third-order valence-corrected chi connectivity index (χ3v) is 3.07. The summed E-state index contributed by atoms with van der Waals surface area (Å²) in [5, 5.41) is 8.92. The monoisotopic (exact) mass is 258 g/mol. The van der Waals surface area contributed by atoms with Gasteiger partial charge in [-0.05, 0) is 34.1 Å². The molecule has 0 aromatic rings. The lowest BCUT2D eigenvalue weighted by Crippen LogP contribution is -2.44. The summed E-state index contributed by atoms with van der Waals surface area (Å²) in [6, 6.07) is 0.205. The maximum atomic E-state index is 12.1. The predicted molar refractivity (Wildman–Crippen MR) is 70.5 cm³/mol. The van der Waals surface area contributed by atoms with Crippen LogP contribution in [0, 0.1) is 0 Å². The Kier molecular flexibility index (Phi) is 5.41. The first-order chi connectivity index (χ1) is 8.37. The standard InChI is InChI=1S/C13H26N2O3/c1-5-15(12(17)18-13(2,3)4)11-6-7-14(10-11)8-9-16/h11,16H,5-10H2,1-4H3/t11-/m1/s1. The molecule has 106 valence electrons. The molecule has 0 aromatic heterocycles. The van der Waals surface area contributed by atoms with Crippen molar-refractivity contribution in [3.05, 3.63) is 0 Å². The van der Waals surface area contributed by atoms with E-state index >= 15 is 0 Å². The average molecular weight is 258 g/mol. The molecule has 18 heavy (non-hydrogen) atoms. The lowest BCUT2D eigenvalue weighted by atomic mass is 10.2. The van der Waals surface area contributed by atoms with Crippen LogP contribution in [-0.4, -0.2) is 65.4 Å². The first-order valence-corrected chi connectivity index (χ1v) is 6.70. The molecule has 1 atom stereocenters. The summed E-state index contributed by atoms with van der Waals surface area (Å²) in [4.78, 5) is 16.0. The number of β-amino-alcohol motifs (C(OH)–C–C–N with tert-alkyl or cyclic N) is 1. The zero-order chi connectivity index (χ0) is 13.8. The number of likely N-dealkylation sites (N-methyl/N-ethyl adjacent to an activating group) is 1. The third kappa shape index (κ3) is 4.46. The molecular weight excluding hydrogens is 232 g/mol. The van der Waals surface area contributed by atoms with Gasteiger partial charge in [-0.25, -0.2) is 4.79 Å². The molecule has 5 nitrogen and oxygen atoms in total. The molecule has 0 unspecified atom stereocenters. The number of hydrogen-bond donors (Lipinski definition) is 1. The van der Waals surface area contributed by atoms with Crippen LogP contribution in [0.2, 0.25) is 0 Å². The molecule has 1 N–H and O–H groups in total. The van der Waals surface area contributed by atoms with E-state index in [1.165, 1.54) is 0 Å². The molecule has 1 heterocycles. The van der Waals surface area contributed by atoms with Crippen molar-refractivity contribution in [3.63, 3.8) is 0 Å². The van der Waals surface area contributed by atoms with Crippen LogP contribution in [0.1, 0.15) is 34.1 Å². The number of aliphatic hydroxyl groups excluding tert-OH is 1. The van der Waals surface area contributed by atoms with Crippen molar-refractivity contribution in [2.24, 2.45) is 0 Å². The molecule has 5 heteroatoms. The Morgan fingerprint density at radius 2 is 2.17 bits per heavy atom. The summed E-state index contributed by atoms with van der Waals surface area (Å²) < 4.78 is 5.42. The molecule has 0 saturated carbocycles. The normalized spacial score (nSPS) is 21.1. The van der Waals surface area contributed by atoms with Gasteiger partial charge in [0.2, 0.25) is 0 Å². The Morgan fingerprint density at radius 1 is 1.50 bits per heavy atom. The minimum Gasteiger partial charge on any atom is -0.444 e. The van der Waals surface area contributed by atoms with Crippen LogP contribution in [0.3, 0.4) is 0 Å². The van der Waals surface area contributed by atoms with Crippen LogP contribution >= 0.6 is 0 Å². The van der Waals surface area contributed by atoms with Gasteiger partial charge in [0.15, 0.2) is 0 Å². The molecular formula is C13H26N2O3. The Labute approximate surface area is 110 Å². The van der Waals surface area contributed by atoms with E-state index in [0.717, 1.165) is 19.5 Å². The average Bonchev–Trinajstić information content (AvgIpc) is 2.65. The highest BCUT2D eigenvalue weighted by Gasteiger charge is 2.31. The summed E-state index contributed by atoms with van der Waals surface area (Å²) in [6.45, 7) is 10.9. The smallest absolute Gasteiger partial charge is 0.410 e. The Balaban J connectivity index is 2.54. The fourth-order valence-corrected chi connectivity index (χ4v) is 2.27. The summed E-state index contributed by atoms with van der Waals surface area (Å²) in [5.74, 6) is 0. The number of rotatable bonds is 4. The number of nitrogens with zero attached hydrogens (tertiary/aromatic N) is 2. The van der Waals surface area contributed by atoms with Gasteiger partial charge in [-0.2, -0.15) is 0 Å². The molecule has 0 aliphatic carbocycles. The number of amides is 1. The number of likely N-dealkylation sites (tertiary alicyclic amines) is 1. The van der Waals surface area contributed by atoms with Crippen molar-refractivity contribution >= 4 is 6.09 Å². The molecule has 1 saturated heterocycles. The van der Waals surface area contributed by atoms with E-state index in [0.29, 0.717) is 13.1 Å². The van der Waals surface area contributed by atoms with Crippen molar-refractivity contribution in [2.45, 2.75) is 45.8 Å². The molecule has 1 aliphatic rings. The quantitative estimate of drug-likeness (QED) is 0.826. The van der Waals surface area contributed by atoms with Gasteiger partial charge in [-0.3, -0.25) is 4.90 Å². The minimum absolute atomic E-state index is 0.172. The van der Waals surface area contributed by atoms with Crippen LogP contribution in [0.15, 0.2) is 0 Å². The lowest BCUT2D eigenvalue weighted by molar-refractivity contribution is 0.0179. The van der Waals surface area contributed by atoms with E-state index in [-0.39, 0.29) is 18.7 Å². The molecule has 0 aromatic carbocycles. The predicted octanol–water partition coefficient (Wildman–Crippen LogP) is 1.31. The first-order valence-electron chi connectivity index (χ1n) is 6.70. The minimum atomic E-state index is -0.451. The van der Waals surface area contributed by atoms with Crippen LogP contribution in [0.4, 0.5) is 4.79 Å². The second kappa shape index (κ2) is 6.38. The highest BCUT2D eigenvalue weighted by molar-refractivity contribution is 5.68. The second-order valence-electron chi connectivity index (χ2n) is 5.73. The second-order valence-corrected chi connectivity index (χ2v) is 5.73. The van der Waals surface area contributed by atoms with E-state index in [1.807, 2.05) is 27.7 Å². The highest BCUT2D eigenvalue weighted by Crippen LogP contribution is 2.18. The van der Waals surface area contributed by atoms with Gasteiger partial charge in [-0.1, -0.05) is 0 Å². The number of ether oxygens (including phenoxy) is 1. The van der Waals surface area contributed by atoms with Crippen LogP contribution in [0.5, 0.6) is 0 Å². The van der Waals surface area contributed by atoms with Crippen LogP contribution < -0.4 is 0 Å². The van der Waals surface area contributed by atoms with Crippen molar-refractivity contribution in [1.82, 2.24) is 9.80 Å². The fourth-order valence-electron chi connectivity index (χ4n) is 2.27. The Morgan fingerprint density at radius 3 is 2.67 bits per heavy atom. The SMILES string of the molecule is CCN(C(=O)OC(C)(C)C)[C@@H]1CCN(CCO)C1. The Bertz CT molecular complexity index is 276. The fraction of sp³-hybridized carbons (Fsp3) is 0.923. The van der Waals surface area contributed by atoms with Crippen LogP contribution in [-0.2, 0) is 4.74 Å². The molecule has 1 aliphatic heterocycles. The zero-order valence-electron chi connectivity index (χ0n) is 12.0. The number of carbonyl (C=O) groups is 1. The lowest BCUT2D eigenvalue weighted by Gasteiger charge is -2.30. The molecule has 1 amide bonds.